The Bertz CT molecular complexity index is 887. The summed E-state index contributed by atoms with van der Waals surface area (Å²) in [5, 5.41) is 0. The van der Waals surface area contributed by atoms with Crippen molar-refractivity contribution >= 4 is 5.91 Å². The van der Waals surface area contributed by atoms with Crippen molar-refractivity contribution in [2.24, 2.45) is 0 Å². The molecule has 1 amide bonds. The van der Waals surface area contributed by atoms with Gasteiger partial charge in [0, 0.05) is 50.4 Å². The predicted molar refractivity (Wildman–Crippen MR) is 105 cm³/mol. The molecule has 8 heteroatoms. The molecule has 0 N–H and O–H groups in total. The van der Waals surface area contributed by atoms with Crippen LogP contribution in [0.5, 0.6) is 11.5 Å². The Morgan fingerprint density at radius 3 is 3.10 bits per heavy atom. The summed E-state index contributed by atoms with van der Waals surface area (Å²) in [7, 11) is 1.66. The van der Waals surface area contributed by atoms with E-state index >= 15 is 0 Å². The van der Waals surface area contributed by atoms with Gasteiger partial charge in [0.05, 0.1) is 32.6 Å². The topological polar surface area (TPSA) is 69.1 Å². The number of para-hydroxylation sites is 1. The third-order valence-corrected chi connectivity index (χ3v) is 6.32. The number of benzene rings is 1. The lowest BCUT2D eigenvalue weighted by Gasteiger charge is -2.32. The first-order valence-electron chi connectivity index (χ1n) is 10.1. The Kier molecular flexibility index (Phi) is 4.67. The Hall–Kier alpha value is -2.58. The van der Waals surface area contributed by atoms with Crippen LogP contribution in [0.1, 0.15) is 18.4 Å². The summed E-state index contributed by atoms with van der Waals surface area (Å²) in [5.74, 6) is 1.70. The van der Waals surface area contributed by atoms with Gasteiger partial charge in [0.15, 0.2) is 17.2 Å². The van der Waals surface area contributed by atoms with Crippen LogP contribution < -0.4 is 9.47 Å². The SMILES string of the molecule is COc1cccc(CN2CC[C@@]34OCCN3C(=O)C[C@@H]24)c1OCCn1ccnc1. The maximum atomic E-state index is 12.5. The second-order valence-electron chi connectivity index (χ2n) is 7.78. The highest BCUT2D eigenvalue weighted by atomic mass is 16.5. The number of likely N-dealkylation sites (tertiary alicyclic amines) is 1. The molecule has 1 spiro atoms. The molecule has 3 aliphatic heterocycles. The minimum absolute atomic E-state index is 0.0995. The van der Waals surface area contributed by atoms with Gasteiger partial charge in [-0.1, -0.05) is 12.1 Å². The third-order valence-electron chi connectivity index (χ3n) is 6.32. The summed E-state index contributed by atoms with van der Waals surface area (Å²) in [5.41, 5.74) is 0.647. The second kappa shape index (κ2) is 7.35. The summed E-state index contributed by atoms with van der Waals surface area (Å²) in [6.45, 7) is 4.19. The van der Waals surface area contributed by atoms with Gasteiger partial charge in [-0.15, -0.1) is 0 Å². The molecule has 3 fully saturated rings. The largest absolute Gasteiger partial charge is 0.493 e. The minimum atomic E-state index is -0.418. The monoisotopic (exact) mass is 398 g/mol. The zero-order valence-electron chi connectivity index (χ0n) is 16.6. The van der Waals surface area contributed by atoms with Crippen molar-refractivity contribution in [3.8, 4) is 11.5 Å². The van der Waals surface area contributed by atoms with E-state index in [2.05, 4.69) is 16.0 Å². The molecule has 3 saturated heterocycles. The number of amides is 1. The average Bonchev–Trinajstić information content (AvgIpc) is 3.49. The van der Waals surface area contributed by atoms with Crippen LogP contribution in [0.4, 0.5) is 0 Å². The van der Waals surface area contributed by atoms with Crippen LogP contribution in [-0.4, -0.2) is 70.4 Å². The number of carbonyl (C=O) groups is 1. The normalized spacial score (nSPS) is 26.0. The van der Waals surface area contributed by atoms with Crippen molar-refractivity contribution in [2.75, 3.05) is 33.4 Å². The van der Waals surface area contributed by atoms with E-state index < -0.39 is 5.72 Å². The van der Waals surface area contributed by atoms with E-state index in [1.165, 1.54) is 0 Å². The highest BCUT2D eigenvalue weighted by molar-refractivity contribution is 5.81. The molecule has 8 nitrogen and oxygen atoms in total. The van der Waals surface area contributed by atoms with Gasteiger partial charge in [0.25, 0.3) is 0 Å². The zero-order chi connectivity index (χ0) is 19.8. The molecular formula is C21H26N4O4. The third kappa shape index (κ3) is 3.07. The van der Waals surface area contributed by atoms with Crippen LogP contribution in [0, 0.1) is 0 Å². The van der Waals surface area contributed by atoms with Gasteiger partial charge in [0.2, 0.25) is 5.91 Å². The highest BCUT2D eigenvalue weighted by Crippen LogP contribution is 2.46. The molecule has 2 atom stereocenters. The lowest BCUT2D eigenvalue weighted by molar-refractivity contribution is -0.136. The lowest BCUT2D eigenvalue weighted by atomic mass is 10.1. The number of ether oxygens (including phenoxy) is 3. The molecular weight excluding hydrogens is 372 g/mol. The van der Waals surface area contributed by atoms with Crippen LogP contribution >= 0.6 is 0 Å². The van der Waals surface area contributed by atoms with Gasteiger partial charge in [-0.05, 0) is 6.07 Å². The predicted octanol–water partition coefficient (Wildman–Crippen LogP) is 1.50. The van der Waals surface area contributed by atoms with E-state index in [1.807, 2.05) is 27.8 Å². The van der Waals surface area contributed by atoms with Crippen LogP contribution in [0.25, 0.3) is 0 Å². The van der Waals surface area contributed by atoms with E-state index in [-0.39, 0.29) is 11.9 Å². The van der Waals surface area contributed by atoms with Gasteiger partial charge < -0.3 is 23.7 Å². The first-order chi connectivity index (χ1) is 14.2. The maximum Gasteiger partial charge on any atom is 0.226 e. The number of nitrogens with zero attached hydrogens (tertiary/aromatic N) is 4. The molecule has 0 saturated carbocycles. The van der Waals surface area contributed by atoms with Crippen molar-refractivity contribution in [1.82, 2.24) is 19.4 Å². The van der Waals surface area contributed by atoms with Gasteiger partial charge in [0.1, 0.15) is 6.61 Å². The van der Waals surface area contributed by atoms with E-state index in [0.717, 1.165) is 30.0 Å². The zero-order valence-corrected chi connectivity index (χ0v) is 16.6. The number of methoxy groups -OCH3 is 1. The fourth-order valence-corrected chi connectivity index (χ4v) is 4.97. The number of imidazole rings is 1. The standard InChI is InChI=1S/C21H26N4O4/c1-27-17-4-2-3-16(20(17)28-11-9-23-8-6-22-15-23)14-24-7-5-21-18(24)13-19(26)25(21)10-12-29-21/h2-4,6,8,15,18H,5,7,9-14H2,1H3/t18-,21+/m1/s1. The average molecular weight is 398 g/mol. The molecule has 0 bridgehead atoms. The molecule has 4 heterocycles. The van der Waals surface area contributed by atoms with Crippen LogP contribution in [0.2, 0.25) is 0 Å². The van der Waals surface area contributed by atoms with E-state index in [4.69, 9.17) is 14.2 Å². The number of hydrogen-bond donors (Lipinski definition) is 0. The van der Waals surface area contributed by atoms with Crippen LogP contribution in [-0.2, 0) is 22.6 Å². The van der Waals surface area contributed by atoms with Crippen molar-refractivity contribution in [2.45, 2.75) is 37.7 Å². The molecule has 5 rings (SSSR count). The first-order valence-corrected chi connectivity index (χ1v) is 10.1. The van der Waals surface area contributed by atoms with Gasteiger partial charge in [-0.3, -0.25) is 9.69 Å². The molecule has 3 aliphatic rings. The fourth-order valence-electron chi connectivity index (χ4n) is 4.97. The first kappa shape index (κ1) is 18.4. The summed E-state index contributed by atoms with van der Waals surface area (Å²) in [6.07, 6.45) is 6.85. The number of rotatable bonds is 7. The molecule has 154 valence electrons. The molecule has 1 aromatic heterocycles. The van der Waals surface area contributed by atoms with Gasteiger partial charge in [-0.2, -0.15) is 0 Å². The molecule has 0 radical (unpaired) electrons. The van der Waals surface area contributed by atoms with E-state index in [9.17, 15) is 4.79 Å². The number of hydrogen-bond acceptors (Lipinski definition) is 6. The van der Waals surface area contributed by atoms with Gasteiger partial charge in [-0.25, -0.2) is 4.98 Å². The Labute approximate surface area is 170 Å². The smallest absolute Gasteiger partial charge is 0.226 e. The summed E-state index contributed by atoms with van der Waals surface area (Å²) < 4.78 is 19.8. The Morgan fingerprint density at radius 1 is 1.34 bits per heavy atom. The number of carbonyl (C=O) groups excluding carboxylic acids is 1. The van der Waals surface area contributed by atoms with Crippen molar-refractivity contribution in [3.05, 3.63) is 42.5 Å². The summed E-state index contributed by atoms with van der Waals surface area (Å²) >= 11 is 0. The highest BCUT2D eigenvalue weighted by Gasteiger charge is 2.61. The molecule has 1 aromatic carbocycles. The molecule has 29 heavy (non-hydrogen) atoms. The molecule has 2 aromatic rings. The molecule has 0 aliphatic carbocycles. The van der Waals surface area contributed by atoms with E-state index in [0.29, 0.717) is 39.3 Å². The van der Waals surface area contributed by atoms with Crippen molar-refractivity contribution < 1.29 is 19.0 Å². The minimum Gasteiger partial charge on any atom is -0.493 e. The van der Waals surface area contributed by atoms with E-state index in [1.54, 1.807) is 19.6 Å². The Morgan fingerprint density at radius 2 is 2.28 bits per heavy atom. The summed E-state index contributed by atoms with van der Waals surface area (Å²) in [6, 6.07) is 6.08. The quantitative estimate of drug-likeness (QED) is 0.704. The fraction of sp³-hybridized carbons (Fsp3) is 0.524. The molecule has 0 unspecified atom stereocenters. The van der Waals surface area contributed by atoms with Crippen LogP contribution in [0.3, 0.4) is 0 Å². The summed E-state index contributed by atoms with van der Waals surface area (Å²) in [4.78, 5) is 20.8. The van der Waals surface area contributed by atoms with Crippen LogP contribution in [0.15, 0.2) is 36.9 Å². The van der Waals surface area contributed by atoms with Crippen molar-refractivity contribution in [1.29, 1.82) is 0 Å². The number of aromatic nitrogens is 2. The Balaban J connectivity index is 1.34. The van der Waals surface area contributed by atoms with Gasteiger partial charge >= 0.3 is 0 Å². The lowest BCUT2D eigenvalue weighted by Crippen LogP contribution is -2.47. The van der Waals surface area contributed by atoms with Crippen molar-refractivity contribution in [3.63, 3.8) is 0 Å². The maximum absolute atomic E-state index is 12.5. The second-order valence-corrected chi connectivity index (χ2v) is 7.78.